The number of amides is 1. The first kappa shape index (κ1) is 16.2. The molecule has 0 saturated carbocycles. The van der Waals surface area contributed by atoms with Gasteiger partial charge in [-0.15, -0.1) is 0 Å². The summed E-state index contributed by atoms with van der Waals surface area (Å²) in [5, 5.41) is 0.245. The monoisotopic (exact) mass is 328 g/mol. The lowest BCUT2D eigenvalue weighted by atomic mass is 10.1. The molecule has 0 spiro atoms. The Bertz CT molecular complexity index is 671. The number of carbonyl (C=O) groups excluding carboxylic acids is 1. The first-order valence-corrected chi connectivity index (χ1v) is 6.64. The first-order chi connectivity index (χ1) is 10.3. The minimum atomic E-state index is -4.54. The highest BCUT2D eigenvalue weighted by Gasteiger charge is 2.34. The van der Waals surface area contributed by atoms with Crippen LogP contribution in [0.1, 0.15) is 10.4 Å². The van der Waals surface area contributed by atoms with Crippen LogP contribution < -0.4 is 10.6 Å². The van der Waals surface area contributed by atoms with Gasteiger partial charge < -0.3 is 5.73 Å². The predicted octanol–water partition coefficient (Wildman–Crippen LogP) is 4.13. The first-order valence-electron chi connectivity index (χ1n) is 6.26. The average Bonchev–Trinajstić information content (AvgIpc) is 2.44. The summed E-state index contributed by atoms with van der Waals surface area (Å²) in [4.78, 5) is 13.0. The molecule has 2 N–H and O–H groups in total. The van der Waals surface area contributed by atoms with Gasteiger partial charge >= 0.3 is 6.18 Å². The van der Waals surface area contributed by atoms with E-state index in [1.165, 1.54) is 48.5 Å². The van der Waals surface area contributed by atoms with E-state index in [4.69, 9.17) is 17.3 Å². The summed E-state index contributed by atoms with van der Waals surface area (Å²) in [6, 6.07) is 11.4. The number of benzene rings is 2. The lowest BCUT2D eigenvalue weighted by Gasteiger charge is -2.24. The Balaban J connectivity index is 2.39. The molecule has 3 nitrogen and oxygen atoms in total. The lowest BCUT2D eigenvalue weighted by Crippen LogP contribution is -2.39. The van der Waals surface area contributed by atoms with Crippen molar-refractivity contribution in [2.75, 3.05) is 17.2 Å². The molecular formula is C15H12ClF3N2O. The van der Waals surface area contributed by atoms with Gasteiger partial charge in [0.25, 0.3) is 5.91 Å². The van der Waals surface area contributed by atoms with Gasteiger partial charge in [0.2, 0.25) is 0 Å². The zero-order valence-corrected chi connectivity index (χ0v) is 12.0. The van der Waals surface area contributed by atoms with Crippen LogP contribution >= 0.6 is 11.6 Å². The van der Waals surface area contributed by atoms with E-state index in [1.807, 2.05) is 0 Å². The Morgan fingerprint density at radius 1 is 1.14 bits per heavy atom. The molecule has 116 valence electrons. The van der Waals surface area contributed by atoms with Gasteiger partial charge in [-0.2, -0.15) is 13.2 Å². The fourth-order valence-corrected chi connectivity index (χ4v) is 2.07. The van der Waals surface area contributed by atoms with Crippen LogP contribution in [0.5, 0.6) is 0 Å². The summed E-state index contributed by atoms with van der Waals surface area (Å²) < 4.78 is 38.4. The minimum Gasteiger partial charge on any atom is -0.399 e. The normalized spacial score (nSPS) is 11.3. The Morgan fingerprint density at radius 2 is 1.77 bits per heavy atom. The van der Waals surface area contributed by atoms with Crippen molar-refractivity contribution in [3.8, 4) is 0 Å². The number of nitrogens with two attached hydrogens (primary N) is 1. The van der Waals surface area contributed by atoms with E-state index in [2.05, 4.69) is 0 Å². The Labute approximate surface area is 130 Å². The molecule has 0 aliphatic rings. The summed E-state index contributed by atoms with van der Waals surface area (Å²) in [6.07, 6.45) is -4.54. The molecule has 0 aliphatic heterocycles. The molecular weight excluding hydrogens is 317 g/mol. The third-order valence-electron chi connectivity index (χ3n) is 2.86. The Hall–Kier alpha value is -2.21. The van der Waals surface area contributed by atoms with Crippen molar-refractivity contribution in [1.29, 1.82) is 0 Å². The van der Waals surface area contributed by atoms with Crippen molar-refractivity contribution in [3.63, 3.8) is 0 Å². The quantitative estimate of drug-likeness (QED) is 0.861. The van der Waals surface area contributed by atoms with Crippen LogP contribution in [0.25, 0.3) is 0 Å². The van der Waals surface area contributed by atoms with E-state index < -0.39 is 18.6 Å². The second kappa shape index (κ2) is 6.27. The maximum absolute atomic E-state index is 12.8. The summed E-state index contributed by atoms with van der Waals surface area (Å²) in [5.41, 5.74) is 6.12. The molecule has 1 amide bonds. The standard InChI is InChI=1S/C15H12ClF3N2O/c16-11-2-1-3-13(8-11)21(9-15(17,18)19)14(22)10-4-6-12(20)7-5-10/h1-8H,9,20H2. The second-order valence-electron chi connectivity index (χ2n) is 4.61. The average molecular weight is 329 g/mol. The molecule has 0 bridgehead atoms. The maximum atomic E-state index is 12.8. The highest BCUT2D eigenvalue weighted by molar-refractivity contribution is 6.31. The number of carbonyl (C=O) groups is 1. The fraction of sp³-hybridized carbons (Fsp3) is 0.133. The predicted molar refractivity (Wildman–Crippen MR) is 80.0 cm³/mol. The number of nitrogen functional groups attached to an aromatic ring is 1. The van der Waals surface area contributed by atoms with Crippen molar-refractivity contribution in [2.24, 2.45) is 0 Å². The zero-order chi connectivity index (χ0) is 16.3. The molecule has 0 fully saturated rings. The Morgan fingerprint density at radius 3 is 2.32 bits per heavy atom. The number of anilines is 2. The molecule has 2 aromatic rings. The molecule has 0 atom stereocenters. The van der Waals surface area contributed by atoms with Crippen LogP contribution in [-0.2, 0) is 0 Å². The van der Waals surface area contributed by atoms with Crippen LogP contribution in [0.3, 0.4) is 0 Å². The van der Waals surface area contributed by atoms with E-state index in [0.717, 1.165) is 0 Å². The number of alkyl halides is 3. The molecule has 0 saturated heterocycles. The fourth-order valence-electron chi connectivity index (χ4n) is 1.89. The minimum absolute atomic E-state index is 0.0756. The molecule has 0 radical (unpaired) electrons. The summed E-state index contributed by atoms with van der Waals surface area (Å²) in [5.74, 6) is -0.778. The molecule has 2 aromatic carbocycles. The Kier molecular flexibility index (Phi) is 4.61. The number of halogens is 4. The van der Waals surface area contributed by atoms with Gasteiger partial charge in [0, 0.05) is 22.0 Å². The van der Waals surface area contributed by atoms with E-state index in [9.17, 15) is 18.0 Å². The molecule has 0 unspecified atom stereocenters. The van der Waals surface area contributed by atoms with Gasteiger partial charge in [0.15, 0.2) is 0 Å². The van der Waals surface area contributed by atoms with Gasteiger partial charge in [0.1, 0.15) is 6.54 Å². The number of rotatable bonds is 3. The highest BCUT2D eigenvalue weighted by Crippen LogP contribution is 2.26. The van der Waals surface area contributed by atoms with E-state index in [0.29, 0.717) is 10.6 Å². The van der Waals surface area contributed by atoms with Crippen LogP contribution in [0.15, 0.2) is 48.5 Å². The number of hydrogen-bond donors (Lipinski definition) is 1. The van der Waals surface area contributed by atoms with Crippen molar-refractivity contribution in [3.05, 3.63) is 59.1 Å². The van der Waals surface area contributed by atoms with Crippen molar-refractivity contribution >= 4 is 28.9 Å². The van der Waals surface area contributed by atoms with Gasteiger partial charge in [0.05, 0.1) is 0 Å². The molecule has 0 aromatic heterocycles. The summed E-state index contributed by atoms with van der Waals surface area (Å²) >= 11 is 5.80. The molecule has 0 aliphatic carbocycles. The van der Waals surface area contributed by atoms with Gasteiger partial charge in [-0.05, 0) is 42.5 Å². The second-order valence-corrected chi connectivity index (χ2v) is 5.04. The van der Waals surface area contributed by atoms with Gasteiger partial charge in [-0.3, -0.25) is 9.69 Å². The molecule has 22 heavy (non-hydrogen) atoms. The van der Waals surface area contributed by atoms with Crippen LogP contribution in [0.4, 0.5) is 24.5 Å². The van der Waals surface area contributed by atoms with E-state index in [1.54, 1.807) is 0 Å². The van der Waals surface area contributed by atoms with Crippen LogP contribution in [0, 0.1) is 0 Å². The van der Waals surface area contributed by atoms with Gasteiger partial charge in [-0.25, -0.2) is 0 Å². The van der Waals surface area contributed by atoms with Crippen LogP contribution in [-0.4, -0.2) is 18.6 Å². The smallest absolute Gasteiger partial charge is 0.399 e. The summed E-state index contributed by atoms with van der Waals surface area (Å²) in [7, 11) is 0. The zero-order valence-electron chi connectivity index (χ0n) is 11.3. The van der Waals surface area contributed by atoms with E-state index in [-0.39, 0.29) is 16.3 Å². The summed E-state index contributed by atoms with van der Waals surface area (Å²) in [6.45, 7) is -1.41. The molecule has 2 rings (SSSR count). The SMILES string of the molecule is Nc1ccc(C(=O)N(CC(F)(F)F)c2cccc(Cl)c2)cc1. The highest BCUT2D eigenvalue weighted by atomic mass is 35.5. The molecule has 7 heteroatoms. The largest absolute Gasteiger partial charge is 0.406 e. The maximum Gasteiger partial charge on any atom is 0.406 e. The van der Waals surface area contributed by atoms with Crippen molar-refractivity contribution < 1.29 is 18.0 Å². The lowest BCUT2D eigenvalue weighted by molar-refractivity contribution is -0.118. The van der Waals surface area contributed by atoms with Crippen LogP contribution in [0.2, 0.25) is 5.02 Å². The third-order valence-corrected chi connectivity index (χ3v) is 3.10. The van der Waals surface area contributed by atoms with E-state index >= 15 is 0 Å². The van der Waals surface area contributed by atoms with Crippen molar-refractivity contribution in [2.45, 2.75) is 6.18 Å². The number of nitrogens with zero attached hydrogens (tertiary/aromatic N) is 1. The third kappa shape index (κ3) is 4.14. The number of hydrogen-bond acceptors (Lipinski definition) is 2. The van der Waals surface area contributed by atoms with Gasteiger partial charge in [-0.1, -0.05) is 17.7 Å². The topological polar surface area (TPSA) is 46.3 Å². The molecule has 0 heterocycles. The van der Waals surface area contributed by atoms with Crippen molar-refractivity contribution in [1.82, 2.24) is 0 Å².